The summed E-state index contributed by atoms with van der Waals surface area (Å²) in [7, 11) is 0. The second kappa shape index (κ2) is 25.5. The van der Waals surface area contributed by atoms with E-state index in [2.05, 4.69) is 6.92 Å². The van der Waals surface area contributed by atoms with Gasteiger partial charge in [0.1, 0.15) is 0 Å². The van der Waals surface area contributed by atoms with Crippen molar-refractivity contribution in [2.75, 3.05) is 0 Å². The average molecular weight is 353 g/mol. The van der Waals surface area contributed by atoms with Crippen molar-refractivity contribution in [1.82, 2.24) is 0 Å². The molecule has 0 aromatic heterocycles. The number of carbonyl (C=O) groups excluding carboxylic acids is 1. The summed E-state index contributed by atoms with van der Waals surface area (Å²) in [5, 5.41) is 10.2. The summed E-state index contributed by atoms with van der Waals surface area (Å²) in [4.78, 5) is 10.2. The van der Waals surface area contributed by atoms with Gasteiger partial charge in [-0.1, -0.05) is 84.0 Å². The number of rotatable bonds is 14. The Labute approximate surface area is 154 Å². The summed E-state index contributed by atoms with van der Waals surface area (Å²) in [5.41, 5.74) is 0. The molecule has 0 bridgehead atoms. The van der Waals surface area contributed by atoms with Crippen molar-refractivity contribution in [3.05, 3.63) is 0 Å². The molecular weight excluding hydrogens is 322 g/mol. The van der Waals surface area contributed by atoms with Crippen LogP contribution in [0.4, 0.5) is 0 Å². The molecule has 0 aromatic carbocycles. The first-order valence-corrected chi connectivity index (χ1v) is 7.97. The van der Waals surface area contributed by atoms with Gasteiger partial charge < -0.3 is 34.7 Å². The van der Waals surface area contributed by atoms with Crippen LogP contribution in [-0.2, 0) is 4.79 Å². The smallest absolute Gasteiger partial charge is 1.00 e. The third kappa shape index (κ3) is 29.3. The van der Waals surface area contributed by atoms with Crippen molar-refractivity contribution in [3.63, 3.8) is 0 Å². The second-order valence-electron chi connectivity index (χ2n) is 5.36. The van der Waals surface area contributed by atoms with Gasteiger partial charge in [0.05, 0.1) is 0 Å². The summed E-state index contributed by atoms with van der Waals surface area (Å²) in [6.07, 6.45) is 16.9. The van der Waals surface area contributed by atoms with E-state index >= 15 is 0 Å². The Morgan fingerprint density at radius 2 is 0.952 bits per heavy atom. The predicted molar refractivity (Wildman–Crippen MR) is 81.1 cm³/mol. The molecule has 2 nitrogen and oxygen atoms in total. The van der Waals surface area contributed by atoms with Crippen molar-refractivity contribution >= 4 is 23.3 Å². The molecule has 0 saturated heterocycles. The normalized spacial score (nSPS) is 9.19. The quantitative estimate of drug-likeness (QED) is 0.264. The number of carboxylic acids is 1. The van der Waals surface area contributed by atoms with Crippen LogP contribution in [0, 0.1) is 0 Å². The van der Waals surface area contributed by atoms with E-state index in [1.165, 1.54) is 70.6 Å². The molecule has 5 heteroatoms. The second-order valence-corrected chi connectivity index (χ2v) is 5.36. The first-order chi connectivity index (χ1) is 8.77. The first kappa shape index (κ1) is 29.6. The number of unbranched alkanes of at least 4 members (excludes halogenated alkanes) is 12. The van der Waals surface area contributed by atoms with Crippen LogP contribution in [0.5, 0.6) is 0 Å². The molecule has 0 amide bonds. The maximum Gasteiger partial charge on any atom is 3.00 e. The molecule has 0 N–H and O–H groups in total. The number of carbonyl (C=O) groups is 1. The van der Waals surface area contributed by atoms with Crippen molar-refractivity contribution in [1.29, 1.82) is 0 Å². The number of halogens is 2. The van der Waals surface area contributed by atoms with E-state index in [0.717, 1.165) is 12.8 Å². The molecule has 0 spiro atoms. The van der Waals surface area contributed by atoms with Crippen LogP contribution in [0.1, 0.15) is 96.8 Å². The molecule has 124 valence electrons. The maximum absolute atomic E-state index is 10.2. The molecule has 0 rings (SSSR count). The number of aliphatic carboxylic acids is 1. The maximum atomic E-state index is 10.2. The Morgan fingerprint density at radius 1 is 0.667 bits per heavy atom. The molecule has 0 aliphatic heterocycles. The fraction of sp³-hybridized carbons (Fsp3) is 0.938. The molecule has 0 heterocycles. The van der Waals surface area contributed by atoms with Crippen molar-refractivity contribution < 1.29 is 34.7 Å². The molecule has 0 aromatic rings. The fourth-order valence-electron chi connectivity index (χ4n) is 2.29. The van der Waals surface area contributed by atoms with Gasteiger partial charge in [-0.05, 0) is 12.8 Å². The van der Waals surface area contributed by atoms with Crippen LogP contribution < -0.4 is 29.9 Å². The van der Waals surface area contributed by atoms with Gasteiger partial charge in [0.25, 0.3) is 0 Å². The Kier molecular flexibility index (Phi) is 36.0. The van der Waals surface area contributed by atoms with Gasteiger partial charge in [0, 0.05) is 5.97 Å². The molecule has 0 aliphatic carbocycles. The Morgan fingerprint density at radius 3 is 1.24 bits per heavy atom. The molecule has 0 fully saturated rings. The summed E-state index contributed by atoms with van der Waals surface area (Å²) in [6, 6.07) is 0. The van der Waals surface area contributed by atoms with Gasteiger partial charge in [-0.3, -0.25) is 0 Å². The molecular formula is C16H31AlCl2O2. The Balaban J connectivity index is -0.000000482. The van der Waals surface area contributed by atoms with E-state index in [1.807, 2.05) is 0 Å². The Hall–Kier alpha value is 0.582. The van der Waals surface area contributed by atoms with E-state index in [1.54, 1.807) is 0 Å². The van der Waals surface area contributed by atoms with Gasteiger partial charge in [-0.25, -0.2) is 0 Å². The summed E-state index contributed by atoms with van der Waals surface area (Å²) >= 11 is 0. The average Bonchev–Trinajstić information content (AvgIpc) is 2.34. The van der Waals surface area contributed by atoms with Gasteiger partial charge in [-0.2, -0.15) is 0 Å². The van der Waals surface area contributed by atoms with Gasteiger partial charge in [0.15, 0.2) is 0 Å². The van der Waals surface area contributed by atoms with Gasteiger partial charge in [0.2, 0.25) is 0 Å². The third-order valence-corrected chi connectivity index (χ3v) is 3.48. The van der Waals surface area contributed by atoms with Crippen molar-refractivity contribution in [3.8, 4) is 0 Å². The van der Waals surface area contributed by atoms with Crippen LogP contribution in [0.15, 0.2) is 0 Å². The van der Waals surface area contributed by atoms with Crippen molar-refractivity contribution in [2.24, 2.45) is 0 Å². The minimum absolute atomic E-state index is 0. The minimum Gasteiger partial charge on any atom is -1.00 e. The molecule has 21 heavy (non-hydrogen) atoms. The molecule has 0 atom stereocenters. The van der Waals surface area contributed by atoms with Crippen LogP contribution in [-0.4, -0.2) is 23.3 Å². The molecule has 0 aliphatic rings. The topological polar surface area (TPSA) is 40.1 Å². The van der Waals surface area contributed by atoms with Gasteiger partial charge >= 0.3 is 17.4 Å². The van der Waals surface area contributed by atoms with E-state index in [9.17, 15) is 9.90 Å². The zero-order chi connectivity index (χ0) is 13.5. The summed E-state index contributed by atoms with van der Waals surface area (Å²) in [6.45, 7) is 2.26. The molecule has 0 saturated carbocycles. The Bertz CT molecular complexity index is 193. The first-order valence-electron chi connectivity index (χ1n) is 7.97. The largest absolute Gasteiger partial charge is 3.00 e. The van der Waals surface area contributed by atoms with Crippen LogP contribution in [0.3, 0.4) is 0 Å². The van der Waals surface area contributed by atoms with Crippen molar-refractivity contribution in [2.45, 2.75) is 96.8 Å². The monoisotopic (exact) mass is 352 g/mol. The number of hydrogen-bond donors (Lipinski definition) is 0. The van der Waals surface area contributed by atoms with Crippen LogP contribution >= 0.6 is 0 Å². The number of hydrogen-bond acceptors (Lipinski definition) is 2. The predicted octanol–water partition coefficient (Wildman–Crippen LogP) is -2.16. The zero-order valence-corrected chi connectivity index (χ0v) is 16.2. The van der Waals surface area contributed by atoms with E-state index in [0.29, 0.717) is 0 Å². The third-order valence-electron chi connectivity index (χ3n) is 3.48. The molecule has 0 radical (unpaired) electrons. The summed E-state index contributed by atoms with van der Waals surface area (Å²) in [5.74, 6) is -0.905. The van der Waals surface area contributed by atoms with Crippen LogP contribution in [0.2, 0.25) is 0 Å². The SMILES string of the molecule is CCCCCCCCCCCCCCCC(=O)[O-].[Al+3].[Cl-].[Cl-]. The standard InChI is InChI=1S/C16H32O2.Al.2ClH/c1-2-3-4-5-6-7-8-9-10-11-12-13-14-15-16(17)18;;;/h2-15H2,1H3,(H,17,18);;2*1H/q;+3;;/p-3. The van der Waals surface area contributed by atoms with Gasteiger partial charge in [-0.15, -0.1) is 0 Å². The summed E-state index contributed by atoms with van der Waals surface area (Å²) < 4.78 is 0. The van der Waals surface area contributed by atoms with E-state index in [4.69, 9.17) is 0 Å². The molecule has 0 unspecified atom stereocenters. The zero-order valence-electron chi connectivity index (χ0n) is 13.5. The van der Waals surface area contributed by atoms with E-state index < -0.39 is 5.97 Å². The fourth-order valence-corrected chi connectivity index (χ4v) is 2.29. The van der Waals surface area contributed by atoms with E-state index in [-0.39, 0.29) is 48.6 Å². The minimum atomic E-state index is -0.905. The van der Waals surface area contributed by atoms with Crippen LogP contribution in [0.25, 0.3) is 0 Å². The number of carboxylic acid groups (broad SMARTS) is 1.